The number of aryl methyl sites for hydroxylation is 1. The molecule has 1 aromatic heterocycles. The van der Waals surface area contributed by atoms with E-state index in [1.54, 1.807) is 0 Å². The number of anilines is 1. The highest BCUT2D eigenvalue weighted by Crippen LogP contribution is 2.25. The predicted molar refractivity (Wildman–Crippen MR) is 88.7 cm³/mol. The van der Waals surface area contributed by atoms with E-state index in [-0.39, 0.29) is 0 Å². The van der Waals surface area contributed by atoms with Gasteiger partial charge in [0.1, 0.15) is 10.7 Å². The molecule has 0 amide bonds. The maximum absolute atomic E-state index is 5.70. The summed E-state index contributed by atoms with van der Waals surface area (Å²) in [5.74, 6) is 0.767. The lowest BCUT2D eigenvalue weighted by Gasteiger charge is -2.38. The molecule has 114 valence electrons. The lowest BCUT2D eigenvalue weighted by Crippen LogP contribution is -2.50. The third-order valence-electron chi connectivity index (χ3n) is 4.53. The van der Waals surface area contributed by atoms with Crippen molar-refractivity contribution >= 4 is 23.2 Å². The Labute approximate surface area is 131 Å². The molecule has 1 saturated heterocycles. The molecule has 2 aliphatic rings. The lowest BCUT2D eigenvalue weighted by molar-refractivity contribution is 0.187. The maximum Gasteiger partial charge on any atom is 0.226 e. The van der Waals surface area contributed by atoms with Crippen LogP contribution in [-0.2, 0) is 0 Å². The number of nitrogens with two attached hydrogens (primary N) is 1. The van der Waals surface area contributed by atoms with Crippen LogP contribution in [0.2, 0.25) is 0 Å². The van der Waals surface area contributed by atoms with Crippen LogP contribution in [0, 0.1) is 6.92 Å². The fourth-order valence-corrected chi connectivity index (χ4v) is 3.48. The Balaban J connectivity index is 1.67. The van der Waals surface area contributed by atoms with E-state index in [0.717, 1.165) is 43.9 Å². The van der Waals surface area contributed by atoms with Gasteiger partial charge >= 0.3 is 0 Å². The number of aromatic nitrogens is 2. The fourth-order valence-electron chi connectivity index (χ4n) is 3.38. The van der Waals surface area contributed by atoms with Crippen LogP contribution in [0.25, 0.3) is 0 Å². The molecule has 6 heteroatoms. The smallest absolute Gasteiger partial charge is 0.226 e. The van der Waals surface area contributed by atoms with Gasteiger partial charge in [0.05, 0.1) is 0 Å². The topological polar surface area (TPSA) is 58.3 Å². The highest BCUT2D eigenvalue weighted by molar-refractivity contribution is 7.80. The number of thiocarbonyl (C=S) groups is 1. The summed E-state index contributed by atoms with van der Waals surface area (Å²) in [7, 11) is 0. The molecule has 1 aromatic rings. The van der Waals surface area contributed by atoms with Gasteiger partial charge in [-0.05, 0) is 25.8 Å². The molecule has 2 fully saturated rings. The molecule has 21 heavy (non-hydrogen) atoms. The van der Waals surface area contributed by atoms with Gasteiger partial charge in [-0.1, -0.05) is 25.1 Å². The van der Waals surface area contributed by atoms with Crippen molar-refractivity contribution in [1.82, 2.24) is 14.9 Å². The first-order valence-corrected chi connectivity index (χ1v) is 8.19. The lowest BCUT2D eigenvalue weighted by atomic mass is 10.2. The molecular weight excluding hydrogens is 282 g/mol. The van der Waals surface area contributed by atoms with E-state index >= 15 is 0 Å². The van der Waals surface area contributed by atoms with Gasteiger partial charge in [-0.25, -0.2) is 9.97 Å². The zero-order valence-corrected chi connectivity index (χ0v) is 13.4. The third-order valence-corrected chi connectivity index (χ3v) is 4.74. The Bertz CT molecular complexity index is 519. The van der Waals surface area contributed by atoms with Crippen molar-refractivity contribution in [3.63, 3.8) is 0 Å². The largest absolute Gasteiger partial charge is 0.388 e. The first-order chi connectivity index (χ1) is 10.1. The number of hydrogen-bond donors (Lipinski definition) is 1. The average Bonchev–Trinajstić information content (AvgIpc) is 3.01. The first kappa shape index (κ1) is 14.7. The third kappa shape index (κ3) is 3.32. The minimum Gasteiger partial charge on any atom is -0.388 e. The van der Waals surface area contributed by atoms with Gasteiger partial charge < -0.3 is 10.6 Å². The molecule has 5 nitrogen and oxygen atoms in total. The molecule has 3 rings (SSSR count). The number of piperazine rings is 1. The van der Waals surface area contributed by atoms with Crippen molar-refractivity contribution in [2.45, 2.75) is 38.6 Å². The van der Waals surface area contributed by atoms with Crippen LogP contribution in [0.1, 0.15) is 37.1 Å². The summed E-state index contributed by atoms with van der Waals surface area (Å²) in [6.07, 6.45) is 5.52. The Morgan fingerprint density at radius 1 is 1.19 bits per heavy atom. The molecule has 1 aliphatic carbocycles. The Morgan fingerprint density at radius 2 is 1.86 bits per heavy atom. The van der Waals surface area contributed by atoms with E-state index in [0.29, 0.717) is 10.7 Å². The summed E-state index contributed by atoms with van der Waals surface area (Å²) in [5, 5.41) is 0. The molecule has 2 N–H and O–H groups in total. The molecular formula is C15H23N5S. The van der Waals surface area contributed by atoms with Gasteiger partial charge in [-0.15, -0.1) is 0 Å². The second-order valence-corrected chi connectivity index (χ2v) is 6.46. The molecule has 1 saturated carbocycles. The van der Waals surface area contributed by atoms with E-state index < -0.39 is 0 Å². The molecule has 0 spiro atoms. The summed E-state index contributed by atoms with van der Waals surface area (Å²) >= 11 is 5.03. The van der Waals surface area contributed by atoms with Crippen LogP contribution in [0.4, 0.5) is 5.95 Å². The maximum atomic E-state index is 5.70. The first-order valence-electron chi connectivity index (χ1n) is 7.78. The summed E-state index contributed by atoms with van der Waals surface area (Å²) < 4.78 is 0. The monoisotopic (exact) mass is 305 g/mol. The SMILES string of the molecule is Cc1cc(C(N)=S)nc(N2CCN(C3CCCC3)CC2)n1. The van der Waals surface area contributed by atoms with E-state index in [9.17, 15) is 0 Å². The number of hydrogen-bond acceptors (Lipinski definition) is 5. The molecule has 0 atom stereocenters. The van der Waals surface area contributed by atoms with E-state index in [1.807, 2.05) is 13.0 Å². The van der Waals surface area contributed by atoms with Crippen LogP contribution in [0.3, 0.4) is 0 Å². The molecule has 1 aliphatic heterocycles. The van der Waals surface area contributed by atoms with Crippen molar-refractivity contribution in [3.8, 4) is 0 Å². The van der Waals surface area contributed by atoms with Gasteiger partial charge in [0.2, 0.25) is 5.95 Å². The highest BCUT2D eigenvalue weighted by atomic mass is 32.1. The second kappa shape index (κ2) is 6.23. The minimum atomic E-state index is 0.339. The summed E-state index contributed by atoms with van der Waals surface area (Å²) in [5.41, 5.74) is 7.29. The second-order valence-electron chi connectivity index (χ2n) is 6.02. The standard InChI is InChI=1S/C15H23N5S/c1-11-10-13(14(16)21)18-15(17-11)20-8-6-19(7-9-20)12-4-2-3-5-12/h10,12H,2-9H2,1H3,(H2,16,21). The number of rotatable bonds is 3. The Kier molecular flexibility index (Phi) is 4.35. The van der Waals surface area contributed by atoms with Gasteiger partial charge in [-0.3, -0.25) is 4.90 Å². The summed E-state index contributed by atoms with van der Waals surface area (Å²) in [6.45, 7) is 6.13. The van der Waals surface area contributed by atoms with E-state index in [2.05, 4.69) is 19.8 Å². The van der Waals surface area contributed by atoms with Crippen molar-refractivity contribution in [3.05, 3.63) is 17.5 Å². The van der Waals surface area contributed by atoms with Crippen molar-refractivity contribution in [2.24, 2.45) is 5.73 Å². The zero-order chi connectivity index (χ0) is 14.8. The van der Waals surface area contributed by atoms with Crippen molar-refractivity contribution < 1.29 is 0 Å². The van der Waals surface area contributed by atoms with E-state index in [1.165, 1.54) is 25.7 Å². The van der Waals surface area contributed by atoms with Crippen LogP contribution >= 0.6 is 12.2 Å². The van der Waals surface area contributed by atoms with Crippen LogP contribution in [-0.4, -0.2) is 52.1 Å². The van der Waals surface area contributed by atoms with E-state index in [4.69, 9.17) is 18.0 Å². The summed E-state index contributed by atoms with van der Waals surface area (Å²) in [4.78, 5) is 14.3. The number of nitrogens with zero attached hydrogens (tertiary/aromatic N) is 4. The normalized spacial score (nSPS) is 20.9. The highest BCUT2D eigenvalue weighted by Gasteiger charge is 2.27. The van der Waals surface area contributed by atoms with Gasteiger partial charge in [-0.2, -0.15) is 0 Å². The molecule has 0 radical (unpaired) electrons. The van der Waals surface area contributed by atoms with Crippen LogP contribution < -0.4 is 10.6 Å². The van der Waals surface area contributed by atoms with Gasteiger partial charge in [0, 0.05) is 37.9 Å². The van der Waals surface area contributed by atoms with Crippen LogP contribution in [0.15, 0.2) is 6.07 Å². The Morgan fingerprint density at radius 3 is 2.48 bits per heavy atom. The molecule has 0 bridgehead atoms. The molecule has 2 heterocycles. The molecule has 0 aromatic carbocycles. The fraction of sp³-hybridized carbons (Fsp3) is 0.667. The van der Waals surface area contributed by atoms with Crippen LogP contribution in [0.5, 0.6) is 0 Å². The molecule has 0 unspecified atom stereocenters. The predicted octanol–water partition coefficient (Wildman–Crippen LogP) is 1.48. The minimum absolute atomic E-state index is 0.339. The van der Waals surface area contributed by atoms with Crippen molar-refractivity contribution in [1.29, 1.82) is 0 Å². The van der Waals surface area contributed by atoms with Gasteiger partial charge in [0.25, 0.3) is 0 Å². The summed E-state index contributed by atoms with van der Waals surface area (Å²) in [6, 6.07) is 2.65. The quantitative estimate of drug-likeness (QED) is 0.854. The zero-order valence-electron chi connectivity index (χ0n) is 12.6. The van der Waals surface area contributed by atoms with Gasteiger partial charge in [0.15, 0.2) is 0 Å². The average molecular weight is 305 g/mol. The Hall–Kier alpha value is -1.27. The van der Waals surface area contributed by atoms with Crippen molar-refractivity contribution in [2.75, 3.05) is 31.1 Å².